The highest BCUT2D eigenvalue weighted by molar-refractivity contribution is 5.93. The largest absolute Gasteiger partial charge is 0.423 e. The van der Waals surface area contributed by atoms with E-state index in [9.17, 15) is 9.59 Å². The predicted molar refractivity (Wildman–Crippen MR) is 135 cm³/mol. The van der Waals surface area contributed by atoms with Crippen LogP contribution in [0.4, 0.5) is 0 Å². The smallest absolute Gasteiger partial charge is 0.343 e. The molecule has 4 heteroatoms. The third-order valence-electron chi connectivity index (χ3n) is 5.21. The number of rotatable bonds is 7. The lowest BCUT2D eigenvalue weighted by Gasteiger charge is -2.13. The molecule has 4 rings (SSSR count). The maximum Gasteiger partial charge on any atom is 0.343 e. The van der Waals surface area contributed by atoms with Gasteiger partial charge in [0, 0.05) is 5.56 Å². The zero-order chi connectivity index (χ0) is 23.9. The number of carbonyl (C=O) groups is 2. The van der Waals surface area contributed by atoms with E-state index in [0.29, 0.717) is 28.2 Å². The quantitative estimate of drug-likeness (QED) is 0.225. The summed E-state index contributed by atoms with van der Waals surface area (Å²) >= 11 is 0. The molecule has 0 amide bonds. The van der Waals surface area contributed by atoms with E-state index in [1.165, 1.54) is 0 Å². The molecular formula is C30H22O4. The summed E-state index contributed by atoms with van der Waals surface area (Å²) in [6.45, 7) is 7.43. The van der Waals surface area contributed by atoms with Crippen molar-refractivity contribution in [2.75, 3.05) is 0 Å². The minimum absolute atomic E-state index is 0.340. The van der Waals surface area contributed by atoms with E-state index in [-0.39, 0.29) is 0 Å². The van der Waals surface area contributed by atoms with Crippen LogP contribution < -0.4 is 9.47 Å². The third kappa shape index (κ3) is 5.19. The molecule has 0 aromatic heterocycles. The Morgan fingerprint density at radius 2 is 1.15 bits per heavy atom. The van der Waals surface area contributed by atoms with Crippen LogP contribution in [0.1, 0.15) is 31.8 Å². The number of esters is 2. The molecule has 0 unspecified atom stereocenters. The van der Waals surface area contributed by atoms with Gasteiger partial charge in [-0.25, -0.2) is 9.59 Å². The molecule has 0 bridgehead atoms. The van der Waals surface area contributed by atoms with Crippen molar-refractivity contribution in [2.24, 2.45) is 0 Å². The molecule has 0 radical (unpaired) electrons. The summed E-state index contributed by atoms with van der Waals surface area (Å²) < 4.78 is 11.3. The van der Waals surface area contributed by atoms with E-state index in [1.54, 1.807) is 78.9 Å². The molecular weight excluding hydrogens is 424 g/mol. The Labute approximate surface area is 198 Å². The van der Waals surface area contributed by atoms with Gasteiger partial charge in [0.1, 0.15) is 11.5 Å². The van der Waals surface area contributed by atoms with E-state index < -0.39 is 11.9 Å². The molecule has 0 saturated heterocycles. The second-order valence-electron chi connectivity index (χ2n) is 7.46. The first-order valence-corrected chi connectivity index (χ1v) is 10.7. The summed E-state index contributed by atoms with van der Waals surface area (Å²) in [5.74, 6) is -0.271. The highest BCUT2D eigenvalue weighted by Gasteiger charge is 2.16. The Morgan fingerprint density at radius 3 is 1.68 bits per heavy atom. The van der Waals surface area contributed by atoms with E-state index >= 15 is 0 Å². The first-order chi connectivity index (χ1) is 16.6. The fourth-order valence-electron chi connectivity index (χ4n) is 3.34. The van der Waals surface area contributed by atoms with Gasteiger partial charge in [0.25, 0.3) is 0 Å². The molecule has 34 heavy (non-hydrogen) atoms. The van der Waals surface area contributed by atoms with Gasteiger partial charge in [-0.1, -0.05) is 79.9 Å². The summed E-state index contributed by atoms with van der Waals surface area (Å²) in [7, 11) is 0. The van der Waals surface area contributed by atoms with Gasteiger partial charge in [-0.3, -0.25) is 0 Å². The van der Waals surface area contributed by atoms with E-state index in [2.05, 4.69) is 13.2 Å². The van der Waals surface area contributed by atoms with Crippen LogP contribution in [0.5, 0.6) is 11.5 Å². The average molecular weight is 447 g/mol. The second kappa shape index (κ2) is 10.3. The zero-order valence-corrected chi connectivity index (χ0v) is 18.4. The Kier molecular flexibility index (Phi) is 6.80. The highest BCUT2D eigenvalue weighted by Crippen LogP contribution is 2.34. The fraction of sp³-hybridized carbons (Fsp3) is 0. The van der Waals surface area contributed by atoms with Crippen LogP contribution in [0.25, 0.3) is 23.3 Å². The van der Waals surface area contributed by atoms with E-state index in [0.717, 1.165) is 16.7 Å². The van der Waals surface area contributed by atoms with Crippen LogP contribution in [0.3, 0.4) is 0 Å². The Hall–Kier alpha value is -4.70. The molecule has 0 heterocycles. The Balaban J connectivity index is 1.61. The Bertz CT molecular complexity index is 1340. The van der Waals surface area contributed by atoms with Gasteiger partial charge in [0.2, 0.25) is 0 Å². The van der Waals surface area contributed by atoms with Gasteiger partial charge in [0.05, 0.1) is 11.1 Å². The summed E-state index contributed by atoms with van der Waals surface area (Å²) in [5.41, 5.74) is 4.11. The number of hydrogen-bond acceptors (Lipinski definition) is 4. The first-order valence-electron chi connectivity index (χ1n) is 10.7. The molecule has 0 aliphatic carbocycles. The second-order valence-corrected chi connectivity index (χ2v) is 7.46. The van der Waals surface area contributed by atoms with Gasteiger partial charge in [-0.2, -0.15) is 0 Å². The van der Waals surface area contributed by atoms with Crippen molar-refractivity contribution in [1.82, 2.24) is 0 Å². The lowest BCUT2D eigenvalue weighted by molar-refractivity contribution is 0.0720. The highest BCUT2D eigenvalue weighted by atomic mass is 16.5. The van der Waals surface area contributed by atoms with Crippen LogP contribution in [-0.2, 0) is 0 Å². The van der Waals surface area contributed by atoms with Gasteiger partial charge < -0.3 is 9.47 Å². The molecule has 0 aliphatic rings. The molecule has 0 fully saturated rings. The summed E-state index contributed by atoms with van der Waals surface area (Å²) in [4.78, 5) is 25.4. The van der Waals surface area contributed by atoms with Crippen LogP contribution >= 0.6 is 0 Å². The lowest BCUT2D eigenvalue weighted by atomic mass is 10.0. The van der Waals surface area contributed by atoms with Crippen molar-refractivity contribution in [1.29, 1.82) is 0 Å². The minimum Gasteiger partial charge on any atom is -0.423 e. The lowest BCUT2D eigenvalue weighted by Crippen LogP contribution is -2.10. The van der Waals surface area contributed by atoms with E-state index in [4.69, 9.17) is 9.47 Å². The molecule has 0 atom stereocenters. The average Bonchev–Trinajstić information content (AvgIpc) is 2.90. The zero-order valence-electron chi connectivity index (χ0n) is 18.4. The van der Waals surface area contributed by atoms with Crippen molar-refractivity contribution >= 4 is 24.1 Å². The summed E-state index contributed by atoms with van der Waals surface area (Å²) in [6.07, 6.45) is 3.41. The molecule has 4 aromatic carbocycles. The summed E-state index contributed by atoms with van der Waals surface area (Å²) in [6, 6.07) is 28.3. The number of carbonyl (C=O) groups excluding carboxylic acids is 2. The monoisotopic (exact) mass is 446 g/mol. The maximum absolute atomic E-state index is 12.8. The maximum atomic E-state index is 12.8. The fourth-order valence-corrected chi connectivity index (χ4v) is 3.34. The molecule has 0 aliphatic heterocycles. The molecule has 4 aromatic rings. The molecule has 0 saturated carbocycles. The van der Waals surface area contributed by atoms with Crippen molar-refractivity contribution in [3.8, 4) is 22.6 Å². The topological polar surface area (TPSA) is 52.6 Å². The van der Waals surface area contributed by atoms with Crippen molar-refractivity contribution in [3.05, 3.63) is 132 Å². The molecule has 4 nitrogen and oxygen atoms in total. The molecule has 0 spiro atoms. The van der Waals surface area contributed by atoms with Gasteiger partial charge in [0.15, 0.2) is 0 Å². The number of ether oxygens (including phenoxy) is 2. The van der Waals surface area contributed by atoms with E-state index in [1.807, 2.05) is 30.3 Å². The Morgan fingerprint density at radius 1 is 0.618 bits per heavy atom. The van der Waals surface area contributed by atoms with Crippen molar-refractivity contribution < 1.29 is 19.1 Å². The number of benzene rings is 4. The molecule has 0 N–H and O–H groups in total. The normalized spacial score (nSPS) is 10.2. The van der Waals surface area contributed by atoms with Crippen LogP contribution in [0.2, 0.25) is 0 Å². The standard InChI is InChI=1S/C30H22O4/c1-3-21-10-14-24(15-11-21)29(31)33-26-18-19-28(27(20-26)23-8-6-5-7-9-23)34-30(32)25-16-12-22(4-2)13-17-25/h3-20H,1-2H2. The SMILES string of the molecule is C=Cc1ccc(C(=O)Oc2ccc(OC(=O)c3ccc(C=C)cc3)c(-c3ccccc3)c2)cc1. The first kappa shape index (κ1) is 22.5. The van der Waals surface area contributed by atoms with Gasteiger partial charge in [-0.05, 0) is 59.2 Å². The van der Waals surface area contributed by atoms with Crippen LogP contribution in [-0.4, -0.2) is 11.9 Å². The summed E-state index contributed by atoms with van der Waals surface area (Å²) in [5, 5.41) is 0. The minimum atomic E-state index is -0.486. The predicted octanol–water partition coefficient (Wildman–Crippen LogP) is 7.08. The third-order valence-corrected chi connectivity index (χ3v) is 5.21. The van der Waals surface area contributed by atoms with Crippen molar-refractivity contribution in [2.45, 2.75) is 0 Å². The van der Waals surface area contributed by atoms with Crippen LogP contribution in [0.15, 0.2) is 110 Å². The molecule has 166 valence electrons. The van der Waals surface area contributed by atoms with Gasteiger partial charge >= 0.3 is 11.9 Å². The van der Waals surface area contributed by atoms with Gasteiger partial charge in [-0.15, -0.1) is 0 Å². The van der Waals surface area contributed by atoms with Crippen LogP contribution in [0, 0.1) is 0 Å². The van der Waals surface area contributed by atoms with Crippen molar-refractivity contribution in [3.63, 3.8) is 0 Å². The number of hydrogen-bond donors (Lipinski definition) is 0.